The Morgan fingerprint density at radius 3 is 2.95 bits per heavy atom. The van der Waals surface area contributed by atoms with Gasteiger partial charge in [-0.2, -0.15) is 0 Å². The maximum atomic E-state index is 10.9. The van der Waals surface area contributed by atoms with Gasteiger partial charge in [0.1, 0.15) is 0 Å². The van der Waals surface area contributed by atoms with E-state index in [0.717, 1.165) is 11.4 Å². The molecule has 0 aliphatic heterocycles. The van der Waals surface area contributed by atoms with Crippen molar-refractivity contribution in [1.82, 2.24) is 9.88 Å². The number of aryl methyl sites for hydroxylation is 1. The molecule has 1 atom stereocenters. The number of hydrogen-bond donors (Lipinski definition) is 2. The summed E-state index contributed by atoms with van der Waals surface area (Å²) in [6.45, 7) is 3.72. The van der Waals surface area contributed by atoms with Crippen molar-refractivity contribution in [2.75, 3.05) is 0 Å². The molecule has 0 saturated heterocycles. The van der Waals surface area contributed by atoms with Crippen LogP contribution in [-0.2, 0) is 17.9 Å². The van der Waals surface area contributed by atoms with Gasteiger partial charge in [-0.05, 0) is 30.0 Å². The predicted molar refractivity (Wildman–Crippen MR) is 76.3 cm³/mol. The van der Waals surface area contributed by atoms with Crippen LogP contribution in [0.3, 0.4) is 0 Å². The summed E-state index contributed by atoms with van der Waals surface area (Å²) >= 11 is 1.59. The summed E-state index contributed by atoms with van der Waals surface area (Å²) in [5.74, 6) is -0.781. The minimum atomic E-state index is -0.781. The van der Waals surface area contributed by atoms with E-state index in [9.17, 15) is 4.79 Å². The minimum absolute atomic E-state index is 0.106. The molecular weight excluding hydrogens is 260 g/mol. The molecule has 0 bridgehead atoms. The van der Waals surface area contributed by atoms with Gasteiger partial charge in [0, 0.05) is 30.4 Å². The van der Waals surface area contributed by atoms with Crippen LogP contribution in [0.15, 0.2) is 36.0 Å². The predicted octanol–water partition coefficient (Wildman–Crippen LogP) is 2.88. The fourth-order valence-electron chi connectivity index (χ4n) is 1.97. The lowest BCUT2D eigenvalue weighted by Gasteiger charge is -2.14. The number of nitrogens with zero attached hydrogens (tertiary/aromatic N) is 1. The monoisotopic (exact) mass is 278 g/mol. The van der Waals surface area contributed by atoms with Gasteiger partial charge in [-0.3, -0.25) is 4.79 Å². The van der Waals surface area contributed by atoms with E-state index in [1.807, 2.05) is 23.7 Å². The second-order valence-corrected chi connectivity index (χ2v) is 5.38. The Labute approximate surface area is 116 Å². The summed E-state index contributed by atoms with van der Waals surface area (Å²) in [6, 6.07) is 5.86. The first-order chi connectivity index (χ1) is 9.19. The minimum Gasteiger partial charge on any atom is -0.481 e. The SMILES string of the molecule is CCn1ccc(CNC(CC(=O)O)c2cccs2)c1. The molecule has 2 aromatic heterocycles. The second kappa shape index (κ2) is 6.54. The molecule has 4 nitrogen and oxygen atoms in total. The average Bonchev–Trinajstić information content (AvgIpc) is 3.05. The maximum absolute atomic E-state index is 10.9. The summed E-state index contributed by atoms with van der Waals surface area (Å²) in [5, 5.41) is 14.3. The van der Waals surface area contributed by atoms with Crippen molar-refractivity contribution in [1.29, 1.82) is 0 Å². The zero-order chi connectivity index (χ0) is 13.7. The Kier molecular flexibility index (Phi) is 4.76. The molecule has 0 saturated carbocycles. The Morgan fingerprint density at radius 1 is 1.53 bits per heavy atom. The zero-order valence-electron chi connectivity index (χ0n) is 10.9. The van der Waals surface area contributed by atoms with Crippen LogP contribution in [0, 0.1) is 0 Å². The molecule has 2 N–H and O–H groups in total. The van der Waals surface area contributed by atoms with Crippen LogP contribution in [0.1, 0.15) is 29.8 Å². The van der Waals surface area contributed by atoms with Crippen LogP contribution in [-0.4, -0.2) is 15.6 Å². The van der Waals surface area contributed by atoms with E-state index in [2.05, 4.69) is 29.1 Å². The van der Waals surface area contributed by atoms with E-state index in [-0.39, 0.29) is 12.5 Å². The van der Waals surface area contributed by atoms with Gasteiger partial charge in [-0.25, -0.2) is 0 Å². The number of thiophene rings is 1. The van der Waals surface area contributed by atoms with Crippen LogP contribution < -0.4 is 5.32 Å². The van der Waals surface area contributed by atoms with E-state index in [1.54, 1.807) is 11.3 Å². The van der Waals surface area contributed by atoms with E-state index in [0.29, 0.717) is 6.54 Å². The average molecular weight is 278 g/mol. The molecule has 0 aromatic carbocycles. The molecule has 0 aliphatic carbocycles. The van der Waals surface area contributed by atoms with Crippen LogP contribution >= 0.6 is 11.3 Å². The summed E-state index contributed by atoms with van der Waals surface area (Å²) in [5.41, 5.74) is 1.17. The number of carboxylic acids is 1. The van der Waals surface area contributed by atoms with Crippen molar-refractivity contribution in [3.8, 4) is 0 Å². The van der Waals surface area contributed by atoms with Crippen molar-refractivity contribution in [2.45, 2.75) is 32.5 Å². The fraction of sp³-hybridized carbons (Fsp3) is 0.357. The molecular formula is C14H18N2O2S. The Bertz CT molecular complexity index is 519. The van der Waals surface area contributed by atoms with Crippen molar-refractivity contribution in [3.63, 3.8) is 0 Å². The van der Waals surface area contributed by atoms with Gasteiger partial charge in [-0.1, -0.05) is 6.07 Å². The van der Waals surface area contributed by atoms with E-state index in [4.69, 9.17) is 5.11 Å². The molecule has 102 valence electrons. The maximum Gasteiger partial charge on any atom is 0.305 e. The molecule has 2 aromatic rings. The van der Waals surface area contributed by atoms with E-state index in [1.165, 1.54) is 5.56 Å². The number of rotatable bonds is 7. The highest BCUT2D eigenvalue weighted by Gasteiger charge is 2.16. The third-order valence-electron chi connectivity index (χ3n) is 2.99. The quantitative estimate of drug-likeness (QED) is 0.819. The van der Waals surface area contributed by atoms with Crippen molar-refractivity contribution < 1.29 is 9.90 Å². The lowest BCUT2D eigenvalue weighted by atomic mass is 10.1. The first-order valence-electron chi connectivity index (χ1n) is 6.32. The third-order valence-corrected chi connectivity index (χ3v) is 3.98. The van der Waals surface area contributed by atoms with E-state index >= 15 is 0 Å². The summed E-state index contributed by atoms with van der Waals surface area (Å²) in [4.78, 5) is 12.0. The first kappa shape index (κ1) is 13.8. The highest BCUT2D eigenvalue weighted by atomic mass is 32.1. The lowest BCUT2D eigenvalue weighted by Crippen LogP contribution is -2.22. The zero-order valence-corrected chi connectivity index (χ0v) is 11.7. The van der Waals surface area contributed by atoms with Crippen LogP contribution in [0.2, 0.25) is 0 Å². The van der Waals surface area contributed by atoms with Gasteiger partial charge in [0.25, 0.3) is 0 Å². The van der Waals surface area contributed by atoms with Crippen LogP contribution in [0.5, 0.6) is 0 Å². The highest BCUT2D eigenvalue weighted by Crippen LogP contribution is 2.22. The third kappa shape index (κ3) is 3.94. The fourth-order valence-corrected chi connectivity index (χ4v) is 2.77. The van der Waals surface area contributed by atoms with Crippen LogP contribution in [0.4, 0.5) is 0 Å². The Balaban J connectivity index is 1.98. The lowest BCUT2D eigenvalue weighted by molar-refractivity contribution is -0.137. The van der Waals surface area contributed by atoms with Gasteiger partial charge in [0.2, 0.25) is 0 Å². The molecule has 1 unspecified atom stereocenters. The molecule has 5 heteroatoms. The van der Waals surface area contributed by atoms with Gasteiger partial charge in [0.05, 0.1) is 12.5 Å². The Hall–Kier alpha value is -1.59. The van der Waals surface area contributed by atoms with Crippen molar-refractivity contribution >= 4 is 17.3 Å². The summed E-state index contributed by atoms with van der Waals surface area (Å²) < 4.78 is 2.11. The smallest absolute Gasteiger partial charge is 0.305 e. The number of hydrogen-bond acceptors (Lipinski definition) is 3. The van der Waals surface area contributed by atoms with Gasteiger partial charge >= 0.3 is 5.97 Å². The van der Waals surface area contributed by atoms with Gasteiger partial charge < -0.3 is 15.0 Å². The molecule has 0 radical (unpaired) electrons. The van der Waals surface area contributed by atoms with Gasteiger partial charge in [0.15, 0.2) is 0 Å². The molecule has 0 aliphatic rings. The highest BCUT2D eigenvalue weighted by molar-refractivity contribution is 7.10. The first-order valence-corrected chi connectivity index (χ1v) is 7.20. The topological polar surface area (TPSA) is 54.3 Å². The number of carbonyl (C=O) groups is 1. The normalized spacial score (nSPS) is 12.5. The van der Waals surface area contributed by atoms with Crippen molar-refractivity contribution in [3.05, 3.63) is 46.4 Å². The Morgan fingerprint density at radius 2 is 2.37 bits per heavy atom. The standard InChI is InChI=1S/C14H18N2O2S/c1-2-16-6-5-11(10-16)9-15-12(8-14(17)18)13-4-3-7-19-13/h3-7,10,12,15H,2,8-9H2,1H3,(H,17,18). The second-order valence-electron chi connectivity index (χ2n) is 4.40. The molecule has 2 heterocycles. The van der Waals surface area contributed by atoms with Crippen LogP contribution in [0.25, 0.3) is 0 Å². The molecule has 0 fully saturated rings. The largest absolute Gasteiger partial charge is 0.481 e. The number of aliphatic carboxylic acids is 1. The number of nitrogens with one attached hydrogen (secondary N) is 1. The summed E-state index contributed by atoms with van der Waals surface area (Å²) in [7, 11) is 0. The molecule has 0 amide bonds. The number of carboxylic acid groups (broad SMARTS) is 1. The summed E-state index contributed by atoms with van der Waals surface area (Å²) in [6.07, 6.45) is 4.22. The number of aromatic nitrogens is 1. The van der Waals surface area contributed by atoms with Crippen molar-refractivity contribution in [2.24, 2.45) is 0 Å². The molecule has 0 spiro atoms. The molecule has 19 heavy (non-hydrogen) atoms. The van der Waals surface area contributed by atoms with E-state index < -0.39 is 5.97 Å². The van der Waals surface area contributed by atoms with Gasteiger partial charge in [-0.15, -0.1) is 11.3 Å². The molecule has 2 rings (SSSR count).